The molecule has 1 atom stereocenters. The van der Waals surface area contributed by atoms with Crippen LogP contribution in [0, 0.1) is 0 Å². The van der Waals surface area contributed by atoms with E-state index >= 15 is 0 Å². The van der Waals surface area contributed by atoms with Crippen molar-refractivity contribution in [2.75, 3.05) is 19.0 Å². The van der Waals surface area contributed by atoms with Gasteiger partial charge in [0.25, 0.3) is 5.91 Å². The van der Waals surface area contributed by atoms with Gasteiger partial charge in [0, 0.05) is 23.1 Å². The summed E-state index contributed by atoms with van der Waals surface area (Å²) in [6.45, 7) is 2.77. The van der Waals surface area contributed by atoms with Crippen molar-refractivity contribution in [1.82, 2.24) is 10.3 Å². The number of fused-ring (bicyclic) bond motifs is 1. The van der Waals surface area contributed by atoms with E-state index in [9.17, 15) is 9.59 Å². The number of aromatic nitrogens is 1. The average molecular weight is 403 g/mol. The molecule has 1 aromatic heterocycles. The summed E-state index contributed by atoms with van der Waals surface area (Å²) < 4.78 is 10.5. The molecule has 0 spiro atoms. The zero-order valence-corrected chi connectivity index (χ0v) is 16.2. The van der Waals surface area contributed by atoms with E-state index in [1.807, 2.05) is 12.1 Å². The molecule has 0 aliphatic carbocycles. The molecule has 0 saturated carbocycles. The zero-order chi connectivity index (χ0) is 18.8. The van der Waals surface area contributed by atoms with Crippen LogP contribution in [0.5, 0.6) is 5.75 Å². The SMILES string of the molecule is CCOC(=O)C1CSC(NC(=O)c2csc(-c3ccc4c(c3)CCO4)n2)=N1. The molecule has 1 unspecified atom stereocenters. The van der Waals surface area contributed by atoms with E-state index in [1.54, 1.807) is 12.3 Å². The topological polar surface area (TPSA) is 89.9 Å². The van der Waals surface area contributed by atoms with E-state index in [0.29, 0.717) is 29.8 Å². The van der Waals surface area contributed by atoms with Gasteiger partial charge in [0.1, 0.15) is 16.5 Å². The molecule has 0 fully saturated rings. The number of thiazole rings is 1. The summed E-state index contributed by atoms with van der Waals surface area (Å²) in [6.07, 6.45) is 0.889. The lowest BCUT2D eigenvalue weighted by molar-refractivity contribution is -0.143. The molecule has 3 heterocycles. The van der Waals surface area contributed by atoms with Crippen molar-refractivity contribution in [2.24, 2.45) is 4.99 Å². The van der Waals surface area contributed by atoms with Gasteiger partial charge in [-0.15, -0.1) is 11.3 Å². The minimum absolute atomic E-state index is 0.313. The van der Waals surface area contributed by atoms with Gasteiger partial charge < -0.3 is 9.47 Å². The third-order valence-corrected chi connectivity index (χ3v) is 5.96. The predicted octanol–water partition coefficient (Wildman–Crippen LogP) is 2.51. The number of amidine groups is 1. The lowest BCUT2D eigenvalue weighted by Crippen LogP contribution is -2.28. The molecule has 2 aliphatic heterocycles. The fraction of sp³-hybridized carbons (Fsp3) is 0.333. The van der Waals surface area contributed by atoms with Crippen molar-refractivity contribution in [2.45, 2.75) is 19.4 Å². The smallest absolute Gasteiger partial charge is 0.331 e. The van der Waals surface area contributed by atoms with Gasteiger partial charge in [-0.3, -0.25) is 10.1 Å². The molecule has 0 bridgehead atoms. The second-order valence-electron chi connectivity index (χ2n) is 5.93. The molecule has 9 heteroatoms. The Labute approximate surface area is 164 Å². The highest BCUT2D eigenvalue weighted by atomic mass is 32.2. The normalized spacial score (nSPS) is 17.8. The number of amides is 1. The Morgan fingerprint density at radius 1 is 1.41 bits per heavy atom. The third kappa shape index (κ3) is 3.84. The molecule has 2 aromatic rings. The maximum absolute atomic E-state index is 12.4. The molecule has 0 radical (unpaired) electrons. The number of esters is 1. The number of nitrogens with zero attached hydrogens (tertiary/aromatic N) is 2. The molecule has 0 saturated heterocycles. The van der Waals surface area contributed by atoms with E-state index < -0.39 is 6.04 Å². The lowest BCUT2D eigenvalue weighted by Gasteiger charge is -2.03. The molecular formula is C18H17N3O4S2. The summed E-state index contributed by atoms with van der Waals surface area (Å²) in [6, 6.07) is 5.39. The Morgan fingerprint density at radius 3 is 3.15 bits per heavy atom. The largest absolute Gasteiger partial charge is 0.493 e. The zero-order valence-electron chi connectivity index (χ0n) is 14.6. The molecule has 2 aliphatic rings. The summed E-state index contributed by atoms with van der Waals surface area (Å²) >= 11 is 2.74. The van der Waals surface area contributed by atoms with Gasteiger partial charge in [-0.05, 0) is 30.7 Å². The van der Waals surface area contributed by atoms with Crippen LogP contribution in [-0.4, -0.2) is 47.0 Å². The number of hydrogen-bond acceptors (Lipinski definition) is 8. The van der Waals surface area contributed by atoms with Crippen LogP contribution < -0.4 is 10.1 Å². The molecule has 140 valence electrons. The second-order valence-corrected chi connectivity index (χ2v) is 7.79. The Bertz CT molecular complexity index is 925. The third-order valence-electron chi connectivity index (χ3n) is 4.10. The minimum Gasteiger partial charge on any atom is -0.493 e. The summed E-state index contributed by atoms with van der Waals surface area (Å²) in [4.78, 5) is 32.8. The molecule has 27 heavy (non-hydrogen) atoms. The fourth-order valence-corrected chi connectivity index (χ4v) is 4.48. The standard InChI is InChI=1S/C18H17N3O4S2/c1-2-24-17(23)13-9-27-18(20-13)21-15(22)12-8-26-16(19-12)11-3-4-14-10(7-11)5-6-25-14/h3-4,7-8,13H,2,5-6,9H2,1H3,(H,20,21,22). The van der Waals surface area contributed by atoms with Crippen LogP contribution in [0.2, 0.25) is 0 Å². The first kappa shape index (κ1) is 18.0. The van der Waals surface area contributed by atoms with Gasteiger partial charge in [0.05, 0.1) is 13.2 Å². The van der Waals surface area contributed by atoms with Gasteiger partial charge in [-0.25, -0.2) is 14.8 Å². The van der Waals surface area contributed by atoms with Crippen molar-refractivity contribution in [3.05, 3.63) is 34.8 Å². The number of nitrogens with one attached hydrogen (secondary N) is 1. The Hall–Kier alpha value is -2.39. The quantitative estimate of drug-likeness (QED) is 0.789. The van der Waals surface area contributed by atoms with Gasteiger partial charge in [0.15, 0.2) is 11.2 Å². The average Bonchev–Trinajstić information content (AvgIpc) is 3.41. The van der Waals surface area contributed by atoms with Crippen LogP contribution >= 0.6 is 23.1 Å². The molecule has 4 rings (SSSR count). The van der Waals surface area contributed by atoms with Crippen molar-refractivity contribution in [1.29, 1.82) is 0 Å². The summed E-state index contributed by atoms with van der Waals surface area (Å²) in [7, 11) is 0. The van der Waals surface area contributed by atoms with Crippen LogP contribution in [0.3, 0.4) is 0 Å². The number of aliphatic imine (C=N–C) groups is 1. The number of hydrogen-bond donors (Lipinski definition) is 1. The Balaban J connectivity index is 1.43. The van der Waals surface area contributed by atoms with Crippen LogP contribution in [0.25, 0.3) is 10.6 Å². The van der Waals surface area contributed by atoms with Gasteiger partial charge >= 0.3 is 5.97 Å². The van der Waals surface area contributed by atoms with E-state index in [4.69, 9.17) is 9.47 Å². The number of benzene rings is 1. The van der Waals surface area contributed by atoms with Crippen molar-refractivity contribution in [3.8, 4) is 16.3 Å². The predicted molar refractivity (Wildman–Crippen MR) is 105 cm³/mol. The number of thioether (sulfide) groups is 1. The first-order valence-electron chi connectivity index (χ1n) is 8.54. The highest BCUT2D eigenvalue weighted by Crippen LogP contribution is 2.32. The first-order valence-corrected chi connectivity index (χ1v) is 10.4. The van der Waals surface area contributed by atoms with Gasteiger partial charge in [-0.1, -0.05) is 11.8 Å². The van der Waals surface area contributed by atoms with Crippen LogP contribution in [0.4, 0.5) is 0 Å². The fourth-order valence-electron chi connectivity index (χ4n) is 2.79. The number of carbonyl (C=O) groups excluding carboxylic acids is 2. The van der Waals surface area contributed by atoms with Crippen molar-refractivity contribution < 1.29 is 19.1 Å². The van der Waals surface area contributed by atoms with Crippen LogP contribution in [0.1, 0.15) is 23.0 Å². The second kappa shape index (κ2) is 7.69. The van der Waals surface area contributed by atoms with Crippen molar-refractivity contribution >= 4 is 40.1 Å². The maximum Gasteiger partial charge on any atom is 0.331 e. The monoisotopic (exact) mass is 403 g/mol. The Morgan fingerprint density at radius 2 is 2.30 bits per heavy atom. The van der Waals surface area contributed by atoms with Crippen molar-refractivity contribution in [3.63, 3.8) is 0 Å². The van der Waals surface area contributed by atoms with E-state index in [-0.39, 0.29) is 11.9 Å². The summed E-state index contributed by atoms with van der Waals surface area (Å²) in [5, 5.41) is 5.64. The Kier molecular flexibility index (Phi) is 5.13. The minimum atomic E-state index is -0.565. The maximum atomic E-state index is 12.4. The summed E-state index contributed by atoms with van der Waals surface area (Å²) in [5.41, 5.74) is 2.46. The first-order chi connectivity index (χ1) is 13.1. The van der Waals surface area contributed by atoms with Gasteiger partial charge in [0.2, 0.25) is 0 Å². The van der Waals surface area contributed by atoms with E-state index in [1.165, 1.54) is 23.1 Å². The highest BCUT2D eigenvalue weighted by molar-refractivity contribution is 8.14. The van der Waals surface area contributed by atoms with Crippen LogP contribution in [-0.2, 0) is 16.0 Å². The molecule has 1 N–H and O–H groups in total. The van der Waals surface area contributed by atoms with Crippen LogP contribution in [0.15, 0.2) is 28.6 Å². The van der Waals surface area contributed by atoms with E-state index in [2.05, 4.69) is 21.4 Å². The van der Waals surface area contributed by atoms with Gasteiger partial charge in [-0.2, -0.15) is 0 Å². The number of rotatable bonds is 4. The molecule has 1 amide bonds. The lowest BCUT2D eigenvalue weighted by atomic mass is 10.1. The number of ether oxygens (including phenoxy) is 2. The summed E-state index contributed by atoms with van der Waals surface area (Å²) in [5.74, 6) is 0.678. The molecule has 7 nitrogen and oxygen atoms in total. The molecular weight excluding hydrogens is 386 g/mol. The number of carbonyl (C=O) groups is 2. The van der Waals surface area contributed by atoms with E-state index in [0.717, 1.165) is 28.3 Å². The molecule has 1 aromatic carbocycles. The highest BCUT2D eigenvalue weighted by Gasteiger charge is 2.27.